The second-order valence-electron chi connectivity index (χ2n) is 9.15. The van der Waals surface area contributed by atoms with Gasteiger partial charge in [0.05, 0.1) is 17.3 Å². The fourth-order valence-corrected chi connectivity index (χ4v) is 5.36. The zero-order chi connectivity index (χ0) is 24.5. The third-order valence-corrected chi connectivity index (χ3v) is 7.14. The van der Waals surface area contributed by atoms with E-state index in [0.717, 1.165) is 36.0 Å². The molecule has 5 rings (SSSR count). The summed E-state index contributed by atoms with van der Waals surface area (Å²) in [6, 6.07) is 16.6. The summed E-state index contributed by atoms with van der Waals surface area (Å²) in [4.78, 5) is 41.1. The Morgan fingerprint density at radius 2 is 1.83 bits per heavy atom. The number of fused-ring (bicyclic) bond motifs is 3. The highest BCUT2D eigenvalue weighted by molar-refractivity contribution is 6.31. The first-order valence-electron chi connectivity index (χ1n) is 12.0. The van der Waals surface area contributed by atoms with Crippen LogP contribution >= 0.6 is 11.6 Å². The summed E-state index contributed by atoms with van der Waals surface area (Å²) in [5, 5.41) is 0.556. The zero-order valence-electron chi connectivity index (χ0n) is 19.6. The number of ether oxygens (including phenoxy) is 1. The normalized spacial score (nSPS) is 16.9. The van der Waals surface area contributed by atoms with Gasteiger partial charge in [-0.3, -0.25) is 14.4 Å². The van der Waals surface area contributed by atoms with Gasteiger partial charge in [0, 0.05) is 36.2 Å². The molecule has 2 aromatic carbocycles. The van der Waals surface area contributed by atoms with Crippen LogP contribution in [0.5, 0.6) is 0 Å². The Morgan fingerprint density at radius 1 is 1.03 bits per heavy atom. The Balaban J connectivity index is 1.69. The first-order chi connectivity index (χ1) is 16.9. The van der Waals surface area contributed by atoms with E-state index in [9.17, 15) is 14.4 Å². The smallest absolute Gasteiger partial charge is 0.302 e. The second kappa shape index (κ2) is 9.70. The molecule has 2 aliphatic heterocycles. The van der Waals surface area contributed by atoms with E-state index < -0.39 is 0 Å². The molecule has 1 saturated heterocycles. The van der Waals surface area contributed by atoms with Crippen LogP contribution in [0.1, 0.15) is 42.1 Å². The lowest BCUT2D eigenvalue weighted by Gasteiger charge is -2.36. The van der Waals surface area contributed by atoms with E-state index in [0.29, 0.717) is 41.4 Å². The van der Waals surface area contributed by atoms with Gasteiger partial charge >= 0.3 is 5.97 Å². The number of amides is 1. The maximum Gasteiger partial charge on any atom is 0.302 e. The maximum absolute atomic E-state index is 14.2. The highest BCUT2D eigenvalue weighted by Gasteiger charge is 2.33. The number of carbonyl (C=O) groups is 2. The first kappa shape index (κ1) is 23.4. The molecule has 0 aliphatic carbocycles. The molecule has 1 aromatic heterocycles. The van der Waals surface area contributed by atoms with Crippen molar-refractivity contribution in [2.75, 3.05) is 13.2 Å². The van der Waals surface area contributed by atoms with Crippen LogP contribution in [0, 0.1) is 0 Å². The van der Waals surface area contributed by atoms with Crippen molar-refractivity contribution in [3.63, 3.8) is 0 Å². The van der Waals surface area contributed by atoms with Gasteiger partial charge in [0.15, 0.2) is 0 Å². The molecule has 0 spiro atoms. The largest absolute Gasteiger partial charge is 0.464 e. The Bertz CT molecular complexity index is 1350. The molecule has 1 amide bonds. The summed E-state index contributed by atoms with van der Waals surface area (Å²) in [6.45, 7) is 2.61. The summed E-state index contributed by atoms with van der Waals surface area (Å²) >= 11 is 6.35. The standard InChI is InChI=1S/C28H27ClN2O4/c1-18(32)35-17-22-9-5-6-13-30(22)28(34)25-16-24(19-7-3-2-4-8-19)27(33)31-14-12-20-10-11-21(29)15-23(20)26(25)31/h2-4,7-8,10-11,15-16,22H,5-6,9,12-14,17H2,1H3/t22-/m0/s1. The average molecular weight is 491 g/mol. The number of benzene rings is 2. The van der Waals surface area contributed by atoms with Crippen molar-refractivity contribution < 1.29 is 14.3 Å². The molecule has 1 atom stereocenters. The number of pyridine rings is 1. The molecule has 6 nitrogen and oxygen atoms in total. The zero-order valence-corrected chi connectivity index (χ0v) is 20.4. The van der Waals surface area contributed by atoms with Gasteiger partial charge in [0.25, 0.3) is 11.5 Å². The van der Waals surface area contributed by atoms with Crippen molar-refractivity contribution in [2.45, 2.75) is 45.2 Å². The fraction of sp³-hybridized carbons (Fsp3) is 0.321. The minimum Gasteiger partial charge on any atom is -0.464 e. The third kappa shape index (κ3) is 4.50. The van der Waals surface area contributed by atoms with Gasteiger partial charge in [0.2, 0.25) is 0 Å². The molecule has 1 fully saturated rings. The highest BCUT2D eigenvalue weighted by atomic mass is 35.5. The summed E-state index contributed by atoms with van der Waals surface area (Å²) in [6.07, 6.45) is 3.30. The average Bonchev–Trinajstić information content (AvgIpc) is 2.87. The SMILES string of the molecule is CC(=O)OC[C@@H]1CCCCN1C(=O)c1cc(-c2ccccc2)c(=O)n2c1-c1cc(Cl)ccc1CC2. The van der Waals surface area contributed by atoms with Crippen molar-refractivity contribution in [1.29, 1.82) is 0 Å². The Kier molecular flexibility index (Phi) is 6.48. The monoisotopic (exact) mass is 490 g/mol. The van der Waals surface area contributed by atoms with Gasteiger partial charge in [-0.1, -0.05) is 48.0 Å². The highest BCUT2D eigenvalue weighted by Crippen LogP contribution is 2.36. The van der Waals surface area contributed by atoms with E-state index in [1.54, 1.807) is 15.5 Å². The molecule has 0 bridgehead atoms. The van der Waals surface area contributed by atoms with Gasteiger partial charge in [-0.05, 0) is 55.0 Å². The molecule has 35 heavy (non-hydrogen) atoms. The Hall–Kier alpha value is -3.38. The molecule has 180 valence electrons. The van der Waals surface area contributed by atoms with Gasteiger partial charge in [-0.25, -0.2) is 0 Å². The van der Waals surface area contributed by atoms with Crippen molar-refractivity contribution in [3.8, 4) is 22.4 Å². The molecular formula is C28H27ClN2O4. The van der Waals surface area contributed by atoms with Crippen LogP contribution in [-0.2, 0) is 22.5 Å². The van der Waals surface area contributed by atoms with E-state index in [4.69, 9.17) is 16.3 Å². The van der Waals surface area contributed by atoms with Crippen LogP contribution in [0.25, 0.3) is 22.4 Å². The lowest BCUT2D eigenvalue weighted by atomic mass is 9.91. The number of nitrogens with zero attached hydrogens (tertiary/aromatic N) is 2. The second-order valence-corrected chi connectivity index (χ2v) is 9.58. The van der Waals surface area contributed by atoms with E-state index in [2.05, 4.69) is 0 Å². The van der Waals surface area contributed by atoms with E-state index >= 15 is 0 Å². The number of piperidine rings is 1. The first-order valence-corrected chi connectivity index (χ1v) is 12.4. The Morgan fingerprint density at radius 3 is 2.60 bits per heavy atom. The predicted octanol–water partition coefficient (Wildman–Crippen LogP) is 4.95. The summed E-state index contributed by atoms with van der Waals surface area (Å²) in [5.74, 6) is -0.517. The quantitative estimate of drug-likeness (QED) is 0.485. The van der Waals surface area contributed by atoms with E-state index in [1.165, 1.54) is 6.92 Å². The van der Waals surface area contributed by atoms with Crippen LogP contribution in [0.2, 0.25) is 5.02 Å². The maximum atomic E-state index is 14.2. The van der Waals surface area contributed by atoms with Gasteiger partial charge < -0.3 is 14.2 Å². The van der Waals surface area contributed by atoms with Gasteiger partial charge in [-0.2, -0.15) is 0 Å². The van der Waals surface area contributed by atoms with Crippen LogP contribution in [-0.4, -0.2) is 40.5 Å². The summed E-state index contributed by atoms with van der Waals surface area (Å²) in [5.41, 5.74) is 4.11. The van der Waals surface area contributed by atoms with Crippen molar-refractivity contribution in [2.24, 2.45) is 0 Å². The van der Waals surface area contributed by atoms with E-state index in [-0.39, 0.29) is 30.1 Å². The Labute approximate surface area is 209 Å². The third-order valence-electron chi connectivity index (χ3n) is 6.90. The number of carbonyl (C=O) groups excluding carboxylic acids is 2. The molecule has 0 radical (unpaired) electrons. The lowest BCUT2D eigenvalue weighted by Crippen LogP contribution is -2.47. The summed E-state index contributed by atoms with van der Waals surface area (Å²) in [7, 11) is 0. The van der Waals surface area contributed by atoms with Crippen LogP contribution in [0.15, 0.2) is 59.4 Å². The topological polar surface area (TPSA) is 68.6 Å². The van der Waals surface area contributed by atoms with Crippen LogP contribution < -0.4 is 5.56 Å². The van der Waals surface area contributed by atoms with Crippen LogP contribution in [0.4, 0.5) is 0 Å². The number of halogens is 1. The number of rotatable bonds is 4. The molecule has 3 heterocycles. The number of hydrogen-bond donors (Lipinski definition) is 0. The fourth-order valence-electron chi connectivity index (χ4n) is 5.19. The number of hydrogen-bond acceptors (Lipinski definition) is 4. The number of aryl methyl sites for hydroxylation is 1. The number of esters is 1. The molecule has 0 unspecified atom stereocenters. The lowest BCUT2D eigenvalue weighted by molar-refractivity contribution is -0.142. The van der Waals surface area contributed by atoms with Crippen molar-refractivity contribution in [3.05, 3.63) is 81.1 Å². The van der Waals surface area contributed by atoms with Crippen LogP contribution in [0.3, 0.4) is 0 Å². The minimum absolute atomic E-state index is 0.122. The van der Waals surface area contributed by atoms with E-state index in [1.807, 2.05) is 48.5 Å². The number of likely N-dealkylation sites (tertiary alicyclic amines) is 1. The molecule has 0 N–H and O–H groups in total. The molecule has 3 aromatic rings. The van der Waals surface area contributed by atoms with Crippen molar-refractivity contribution in [1.82, 2.24) is 9.47 Å². The molecule has 7 heteroatoms. The molecule has 2 aliphatic rings. The predicted molar refractivity (Wildman–Crippen MR) is 136 cm³/mol. The van der Waals surface area contributed by atoms with Gasteiger partial charge in [0.1, 0.15) is 6.61 Å². The van der Waals surface area contributed by atoms with Crippen molar-refractivity contribution >= 4 is 23.5 Å². The molecule has 0 saturated carbocycles. The van der Waals surface area contributed by atoms with Gasteiger partial charge in [-0.15, -0.1) is 0 Å². The molecular weight excluding hydrogens is 464 g/mol. The number of aromatic nitrogens is 1. The minimum atomic E-state index is -0.360. The summed E-state index contributed by atoms with van der Waals surface area (Å²) < 4.78 is 7.01.